The lowest BCUT2D eigenvalue weighted by Gasteiger charge is -2.41. The summed E-state index contributed by atoms with van der Waals surface area (Å²) in [6, 6.07) is 4.14. The Balaban J connectivity index is 1.79. The molecule has 6 nitrogen and oxygen atoms in total. The largest absolute Gasteiger partial charge is 0.496 e. The molecule has 0 bridgehead atoms. The molecule has 1 aromatic carbocycles. The Morgan fingerprint density at radius 2 is 2.11 bits per heavy atom. The summed E-state index contributed by atoms with van der Waals surface area (Å²) in [6.45, 7) is 5.79. The summed E-state index contributed by atoms with van der Waals surface area (Å²) in [7, 11) is 3.58. The second-order valence-corrected chi connectivity index (χ2v) is 8.62. The third-order valence-corrected chi connectivity index (χ3v) is 6.14. The molecule has 2 aliphatic rings. The number of carbonyl (C=O) groups is 1. The van der Waals surface area contributed by atoms with Gasteiger partial charge in [0.2, 0.25) is 0 Å². The van der Waals surface area contributed by atoms with E-state index in [1.54, 1.807) is 7.11 Å². The van der Waals surface area contributed by atoms with Gasteiger partial charge >= 0.3 is 0 Å². The van der Waals surface area contributed by atoms with E-state index in [2.05, 4.69) is 33.2 Å². The van der Waals surface area contributed by atoms with Crippen LogP contribution in [0.5, 0.6) is 5.75 Å². The molecule has 2 heterocycles. The van der Waals surface area contributed by atoms with Crippen molar-refractivity contribution in [3.8, 4) is 17.0 Å². The zero-order chi connectivity index (χ0) is 19.3. The number of amides is 1. The van der Waals surface area contributed by atoms with Crippen LogP contribution in [0.1, 0.15) is 35.5 Å². The van der Waals surface area contributed by atoms with Gasteiger partial charge in [-0.1, -0.05) is 0 Å². The van der Waals surface area contributed by atoms with Crippen LogP contribution < -0.4 is 4.74 Å². The maximum absolute atomic E-state index is 13.3. The first-order valence-electron chi connectivity index (χ1n) is 9.16. The second-order valence-electron chi connectivity index (χ2n) is 7.77. The van der Waals surface area contributed by atoms with E-state index in [4.69, 9.17) is 9.47 Å². The Morgan fingerprint density at radius 3 is 2.81 bits per heavy atom. The number of ether oxygens (including phenoxy) is 2. The van der Waals surface area contributed by atoms with Crippen LogP contribution in [0.4, 0.5) is 0 Å². The molecule has 4 rings (SSSR count). The third-order valence-electron chi connectivity index (χ3n) is 5.52. The monoisotopic (exact) mass is 433 g/mol. The van der Waals surface area contributed by atoms with Crippen LogP contribution in [0, 0.1) is 0 Å². The minimum Gasteiger partial charge on any atom is -0.496 e. The summed E-state index contributed by atoms with van der Waals surface area (Å²) < 4.78 is 13.7. The van der Waals surface area contributed by atoms with E-state index in [0.717, 1.165) is 39.9 Å². The Kier molecular flexibility index (Phi) is 4.55. The number of carbonyl (C=O) groups excluding carboxylic acids is 1. The maximum Gasteiger partial charge on any atom is 0.275 e. The van der Waals surface area contributed by atoms with E-state index in [-0.39, 0.29) is 11.4 Å². The number of hydrogen-bond donors (Lipinski definition) is 0. The number of methoxy groups -OCH3 is 1. The van der Waals surface area contributed by atoms with Crippen molar-refractivity contribution in [2.75, 3.05) is 26.9 Å². The fourth-order valence-corrected chi connectivity index (χ4v) is 4.62. The van der Waals surface area contributed by atoms with Gasteiger partial charge in [0.1, 0.15) is 5.75 Å². The van der Waals surface area contributed by atoms with Crippen LogP contribution in [0.25, 0.3) is 11.3 Å². The van der Waals surface area contributed by atoms with Crippen LogP contribution in [0.3, 0.4) is 0 Å². The van der Waals surface area contributed by atoms with Crippen LogP contribution in [0.15, 0.2) is 16.6 Å². The number of fused-ring (bicyclic) bond motifs is 3. The van der Waals surface area contributed by atoms with Gasteiger partial charge in [0.25, 0.3) is 5.91 Å². The highest BCUT2D eigenvalue weighted by Crippen LogP contribution is 2.40. The van der Waals surface area contributed by atoms with Gasteiger partial charge in [-0.25, -0.2) is 0 Å². The molecular weight excluding hydrogens is 410 g/mol. The number of hydrogen-bond acceptors (Lipinski definition) is 4. The van der Waals surface area contributed by atoms with Crippen molar-refractivity contribution >= 4 is 21.8 Å². The van der Waals surface area contributed by atoms with Crippen LogP contribution in [-0.2, 0) is 24.6 Å². The average molecular weight is 434 g/mol. The van der Waals surface area contributed by atoms with Crippen LogP contribution in [0.2, 0.25) is 0 Å². The molecule has 1 aromatic heterocycles. The Bertz CT molecular complexity index is 920. The van der Waals surface area contributed by atoms with E-state index in [1.165, 1.54) is 5.56 Å². The number of aromatic nitrogens is 2. The molecule has 1 saturated heterocycles. The molecule has 144 valence electrons. The lowest BCUT2D eigenvalue weighted by Crippen LogP contribution is -2.55. The molecule has 2 aromatic rings. The molecule has 0 spiro atoms. The van der Waals surface area contributed by atoms with Gasteiger partial charge in [-0.3, -0.25) is 9.48 Å². The number of morpholine rings is 1. The average Bonchev–Trinajstić information content (AvgIpc) is 2.97. The molecule has 0 unspecified atom stereocenters. The molecule has 7 heteroatoms. The van der Waals surface area contributed by atoms with Crippen LogP contribution in [-0.4, -0.2) is 53.0 Å². The summed E-state index contributed by atoms with van der Waals surface area (Å²) >= 11 is 3.58. The number of rotatable bonds is 2. The van der Waals surface area contributed by atoms with Crippen molar-refractivity contribution in [3.05, 3.63) is 33.4 Å². The molecule has 1 aliphatic heterocycles. The normalized spacial score (nSPS) is 18.0. The predicted molar refractivity (Wildman–Crippen MR) is 106 cm³/mol. The smallest absolute Gasteiger partial charge is 0.275 e. The van der Waals surface area contributed by atoms with Crippen molar-refractivity contribution in [1.29, 1.82) is 0 Å². The number of nitrogens with zero attached hydrogens (tertiary/aromatic N) is 3. The predicted octanol–water partition coefficient (Wildman–Crippen LogP) is 3.21. The minimum atomic E-state index is -0.331. The van der Waals surface area contributed by atoms with E-state index in [0.29, 0.717) is 25.5 Å². The zero-order valence-corrected chi connectivity index (χ0v) is 17.7. The second kappa shape index (κ2) is 6.63. The third kappa shape index (κ3) is 2.97. The van der Waals surface area contributed by atoms with Gasteiger partial charge in [-0.2, -0.15) is 5.10 Å². The first-order chi connectivity index (χ1) is 12.8. The van der Waals surface area contributed by atoms with Gasteiger partial charge in [0, 0.05) is 24.7 Å². The van der Waals surface area contributed by atoms with Crippen molar-refractivity contribution in [2.45, 2.75) is 32.2 Å². The van der Waals surface area contributed by atoms with Gasteiger partial charge < -0.3 is 14.4 Å². The molecule has 0 saturated carbocycles. The van der Waals surface area contributed by atoms with Gasteiger partial charge in [-0.05, 0) is 60.3 Å². The number of benzene rings is 1. The highest BCUT2D eigenvalue weighted by molar-refractivity contribution is 9.10. The van der Waals surface area contributed by atoms with Gasteiger partial charge in [0.15, 0.2) is 5.69 Å². The summed E-state index contributed by atoms with van der Waals surface area (Å²) in [5.74, 6) is 0.821. The first-order valence-corrected chi connectivity index (χ1v) is 9.95. The molecular formula is C20H24BrN3O3. The summed E-state index contributed by atoms with van der Waals surface area (Å²) in [5, 5.41) is 4.64. The highest BCUT2D eigenvalue weighted by atomic mass is 79.9. The molecule has 27 heavy (non-hydrogen) atoms. The Morgan fingerprint density at radius 1 is 1.33 bits per heavy atom. The van der Waals surface area contributed by atoms with Crippen molar-refractivity contribution in [1.82, 2.24) is 14.7 Å². The first kappa shape index (κ1) is 18.5. The van der Waals surface area contributed by atoms with Crippen molar-refractivity contribution in [3.63, 3.8) is 0 Å². The fraction of sp³-hybridized carbons (Fsp3) is 0.500. The number of aryl methyl sites for hydroxylation is 2. The van der Waals surface area contributed by atoms with E-state index < -0.39 is 0 Å². The summed E-state index contributed by atoms with van der Waals surface area (Å²) in [4.78, 5) is 15.2. The van der Waals surface area contributed by atoms with Crippen molar-refractivity contribution in [2.24, 2.45) is 7.05 Å². The van der Waals surface area contributed by atoms with Crippen LogP contribution >= 0.6 is 15.9 Å². The number of halogens is 1. The highest BCUT2D eigenvalue weighted by Gasteiger charge is 2.38. The van der Waals surface area contributed by atoms with Crippen molar-refractivity contribution < 1.29 is 14.3 Å². The molecule has 1 amide bonds. The molecule has 0 atom stereocenters. The van der Waals surface area contributed by atoms with E-state index in [9.17, 15) is 4.79 Å². The molecule has 1 fully saturated rings. The zero-order valence-electron chi connectivity index (χ0n) is 16.1. The maximum atomic E-state index is 13.3. The molecule has 1 aliphatic carbocycles. The SMILES string of the molecule is COc1cc2c(cc1Br)-c1c(c(C(=O)N3CCOCC3(C)C)nn1C)CC2. The molecule has 0 N–H and O–H groups in total. The topological polar surface area (TPSA) is 56.6 Å². The van der Waals surface area contributed by atoms with E-state index in [1.807, 2.05) is 30.5 Å². The fourth-order valence-electron chi connectivity index (χ4n) is 4.11. The summed E-state index contributed by atoms with van der Waals surface area (Å²) in [5.41, 5.74) is 4.63. The van der Waals surface area contributed by atoms with E-state index >= 15 is 0 Å². The standard InChI is InChI=1S/C20H24BrN3O3/c1-20(2)11-27-8-7-24(20)19(25)17-13-6-5-12-9-16(26-4)15(21)10-14(12)18(13)23(3)22-17/h9-10H,5-8,11H2,1-4H3. The minimum absolute atomic E-state index is 0.00354. The quantitative estimate of drug-likeness (QED) is 0.729. The Hall–Kier alpha value is -1.86. The Labute approximate surface area is 167 Å². The van der Waals surface area contributed by atoms with Gasteiger partial charge in [-0.15, -0.1) is 0 Å². The molecule has 0 radical (unpaired) electrons. The lowest BCUT2D eigenvalue weighted by molar-refractivity contribution is -0.0373. The van der Waals surface area contributed by atoms with Gasteiger partial charge in [0.05, 0.1) is 36.0 Å². The lowest BCUT2D eigenvalue weighted by atomic mass is 9.88. The summed E-state index contributed by atoms with van der Waals surface area (Å²) in [6.07, 6.45) is 1.66.